The number of hydrogen-bond donors (Lipinski definition) is 2. The first kappa shape index (κ1) is 16.4. The SMILES string of the molecule is CC(C)C(CN(C)C)Nc1cc(Br)ccc1C(N)=S. The van der Waals surface area contributed by atoms with Gasteiger partial charge in [-0.05, 0) is 38.2 Å². The lowest BCUT2D eigenvalue weighted by Gasteiger charge is -2.27. The molecule has 0 heterocycles. The summed E-state index contributed by atoms with van der Waals surface area (Å²) in [5, 5.41) is 3.56. The van der Waals surface area contributed by atoms with Crippen LogP contribution in [-0.2, 0) is 0 Å². The molecule has 0 saturated carbocycles. The molecule has 3 N–H and O–H groups in total. The second kappa shape index (κ2) is 7.22. The minimum absolute atomic E-state index is 0.345. The Morgan fingerprint density at radius 1 is 1.42 bits per heavy atom. The van der Waals surface area contributed by atoms with Gasteiger partial charge in [0.1, 0.15) is 4.99 Å². The highest BCUT2D eigenvalue weighted by molar-refractivity contribution is 9.10. The Balaban J connectivity index is 3.01. The number of thiocarbonyl (C=S) groups is 1. The van der Waals surface area contributed by atoms with Crippen molar-refractivity contribution < 1.29 is 0 Å². The molecule has 0 spiro atoms. The number of nitrogens with one attached hydrogen (secondary N) is 1. The van der Waals surface area contributed by atoms with Crippen molar-refractivity contribution in [3.8, 4) is 0 Å². The van der Waals surface area contributed by atoms with E-state index in [1.807, 2.05) is 18.2 Å². The van der Waals surface area contributed by atoms with E-state index in [0.717, 1.165) is 22.3 Å². The van der Waals surface area contributed by atoms with Crippen molar-refractivity contribution in [3.05, 3.63) is 28.2 Å². The number of hydrogen-bond acceptors (Lipinski definition) is 3. The Morgan fingerprint density at radius 3 is 2.53 bits per heavy atom. The number of benzene rings is 1. The molecule has 5 heteroatoms. The van der Waals surface area contributed by atoms with Crippen LogP contribution in [-0.4, -0.2) is 36.6 Å². The molecule has 0 aliphatic heterocycles. The molecule has 0 radical (unpaired) electrons. The number of likely N-dealkylation sites (N-methyl/N-ethyl adjacent to an activating group) is 1. The van der Waals surface area contributed by atoms with E-state index in [0.29, 0.717) is 16.9 Å². The molecule has 0 saturated heterocycles. The predicted octanol–water partition coefficient (Wildman–Crippen LogP) is 3.08. The summed E-state index contributed by atoms with van der Waals surface area (Å²) >= 11 is 8.60. The Bertz CT molecular complexity index is 446. The Labute approximate surface area is 129 Å². The third-order valence-corrected chi connectivity index (χ3v) is 3.67. The van der Waals surface area contributed by atoms with Crippen LogP contribution in [0.15, 0.2) is 22.7 Å². The van der Waals surface area contributed by atoms with Gasteiger partial charge in [0.15, 0.2) is 0 Å². The van der Waals surface area contributed by atoms with Gasteiger partial charge in [-0.15, -0.1) is 0 Å². The van der Waals surface area contributed by atoms with Crippen LogP contribution in [0.1, 0.15) is 19.4 Å². The van der Waals surface area contributed by atoms with Crippen LogP contribution >= 0.6 is 28.1 Å². The van der Waals surface area contributed by atoms with Crippen LogP contribution in [0.3, 0.4) is 0 Å². The van der Waals surface area contributed by atoms with Crippen LogP contribution in [0.5, 0.6) is 0 Å². The van der Waals surface area contributed by atoms with E-state index in [-0.39, 0.29) is 0 Å². The number of nitrogens with two attached hydrogens (primary N) is 1. The number of nitrogens with zero attached hydrogens (tertiary/aromatic N) is 1. The second-order valence-corrected chi connectivity index (χ2v) is 6.67. The molecule has 1 rings (SSSR count). The molecule has 0 bridgehead atoms. The van der Waals surface area contributed by atoms with E-state index in [4.69, 9.17) is 18.0 Å². The van der Waals surface area contributed by atoms with Crippen molar-refractivity contribution in [3.63, 3.8) is 0 Å². The Kier molecular flexibility index (Phi) is 6.23. The predicted molar refractivity (Wildman–Crippen MR) is 90.8 cm³/mol. The zero-order valence-corrected chi connectivity index (χ0v) is 14.3. The summed E-state index contributed by atoms with van der Waals surface area (Å²) in [6, 6.07) is 6.27. The van der Waals surface area contributed by atoms with Gasteiger partial charge in [-0.3, -0.25) is 0 Å². The molecule has 0 aliphatic carbocycles. The molecule has 1 aromatic rings. The molecule has 0 fully saturated rings. The summed E-state index contributed by atoms with van der Waals surface area (Å²) in [6.07, 6.45) is 0. The van der Waals surface area contributed by atoms with Crippen LogP contribution in [0.2, 0.25) is 0 Å². The molecule has 106 valence electrons. The molecule has 1 aromatic carbocycles. The van der Waals surface area contributed by atoms with E-state index in [1.165, 1.54) is 0 Å². The minimum atomic E-state index is 0.345. The van der Waals surface area contributed by atoms with Gasteiger partial charge in [0.2, 0.25) is 0 Å². The lowest BCUT2D eigenvalue weighted by Crippen LogP contribution is -2.37. The molecular formula is C14H22BrN3S. The molecule has 0 aromatic heterocycles. The average Bonchev–Trinajstić information content (AvgIpc) is 2.26. The van der Waals surface area contributed by atoms with Gasteiger partial charge in [-0.2, -0.15) is 0 Å². The quantitative estimate of drug-likeness (QED) is 0.779. The second-order valence-electron chi connectivity index (χ2n) is 5.31. The average molecular weight is 344 g/mol. The topological polar surface area (TPSA) is 41.3 Å². The minimum Gasteiger partial charge on any atom is -0.389 e. The molecular weight excluding hydrogens is 322 g/mol. The van der Waals surface area contributed by atoms with Gasteiger partial charge in [0.05, 0.1) is 0 Å². The van der Waals surface area contributed by atoms with Gasteiger partial charge < -0.3 is 16.0 Å². The highest BCUT2D eigenvalue weighted by Crippen LogP contribution is 2.23. The van der Waals surface area contributed by atoms with Gasteiger partial charge in [0.25, 0.3) is 0 Å². The molecule has 0 aliphatic rings. The molecule has 3 nitrogen and oxygen atoms in total. The van der Waals surface area contributed by atoms with Crippen LogP contribution in [0.25, 0.3) is 0 Å². The summed E-state index contributed by atoms with van der Waals surface area (Å²) in [7, 11) is 4.15. The number of rotatable bonds is 6. The Hall–Kier alpha value is -0.650. The fraction of sp³-hybridized carbons (Fsp3) is 0.500. The first-order valence-corrected chi connectivity index (χ1v) is 7.52. The van der Waals surface area contributed by atoms with Crippen molar-refractivity contribution >= 4 is 38.8 Å². The first-order valence-electron chi connectivity index (χ1n) is 6.32. The zero-order chi connectivity index (χ0) is 14.6. The number of anilines is 1. The zero-order valence-electron chi connectivity index (χ0n) is 11.9. The molecule has 1 unspecified atom stereocenters. The normalized spacial score (nSPS) is 12.8. The summed E-state index contributed by atoms with van der Waals surface area (Å²) in [6.45, 7) is 5.38. The highest BCUT2D eigenvalue weighted by atomic mass is 79.9. The van der Waals surface area contributed by atoms with Crippen molar-refractivity contribution in [1.82, 2.24) is 4.90 Å². The van der Waals surface area contributed by atoms with E-state index in [1.54, 1.807) is 0 Å². The standard InChI is InChI=1S/C14H22BrN3S/c1-9(2)13(8-18(3)4)17-12-7-10(15)5-6-11(12)14(16)19/h5-7,9,13,17H,8H2,1-4H3,(H2,16,19). The summed E-state index contributed by atoms with van der Waals surface area (Å²) in [4.78, 5) is 2.60. The maximum absolute atomic E-state index is 5.78. The largest absolute Gasteiger partial charge is 0.389 e. The van der Waals surface area contributed by atoms with Gasteiger partial charge in [-0.25, -0.2) is 0 Å². The maximum Gasteiger partial charge on any atom is 0.106 e. The summed E-state index contributed by atoms with van der Waals surface area (Å²) < 4.78 is 1.02. The lowest BCUT2D eigenvalue weighted by molar-refractivity contribution is 0.344. The van der Waals surface area contributed by atoms with Crippen molar-refractivity contribution in [1.29, 1.82) is 0 Å². The van der Waals surface area contributed by atoms with Crippen LogP contribution < -0.4 is 11.1 Å². The monoisotopic (exact) mass is 343 g/mol. The first-order chi connectivity index (χ1) is 8.81. The van der Waals surface area contributed by atoms with E-state index < -0.39 is 0 Å². The van der Waals surface area contributed by atoms with Gasteiger partial charge in [-0.1, -0.05) is 42.0 Å². The fourth-order valence-electron chi connectivity index (χ4n) is 1.87. The summed E-state index contributed by atoms with van der Waals surface area (Å²) in [5.74, 6) is 0.514. The van der Waals surface area contributed by atoms with Crippen LogP contribution in [0, 0.1) is 5.92 Å². The smallest absolute Gasteiger partial charge is 0.106 e. The molecule has 1 atom stereocenters. The molecule has 19 heavy (non-hydrogen) atoms. The third-order valence-electron chi connectivity index (χ3n) is 2.95. The van der Waals surface area contributed by atoms with Crippen molar-refractivity contribution in [2.24, 2.45) is 11.7 Å². The van der Waals surface area contributed by atoms with Crippen LogP contribution in [0.4, 0.5) is 5.69 Å². The lowest BCUT2D eigenvalue weighted by atomic mass is 10.0. The fourth-order valence-corrected chi connectivity index (χ4v) is 2.41. The highest BCUT2D eigenvalue weighted by Gasteiger charge is 2.16. The Morgan fingerprint density at radius 2 is 2.05 bits per heavy atom. The van der Waals surface area contributed by atoms with Crippen molar-refractivity contribution in [2.45, 2.75) is 19.9 Å². The molecule has 0 amide bonds. The van der Waals surface area contributed by atoms with E-state index in [9.17, 15) is 0 Å². The van der Waals surface area contributed by atoms with E-state index >= 15 is 0 Å². The van der Waals surface area contributed by atoms with E-state index in [2.05, 4.69) is 54.1 Å². The summed E-state index contributed by atoms with van der Waals surface area (Å²) in [5.41, 5.74) is 7.66. The van der Waals surface area contributed by atoms with Gasteiger partial charge in [0, 0.05) is 28.3 Å². The number of halogens is 1. The third kappa shape index (κ3) is 5.09. The maximum atomic E-state index is 5.78. The van der Waals surface area contributed by atoms with Crippen molar-refractivity contribution in [2.75, 3.05) is 26.0 Å². The van der Waals surface area contributed by atoms with Gasteiger partial charge >= 0.3 is 0 Å².